The molecule has 4 fully saturated rings. The molecule has 4 aliphatic rings. The van der Waals surface area contributed by atoms with Gasteiger partial charge in [-0.3, -0.25) is 0 Å². The van der Waals surface area contributed by atoms with Crippen molar-refractivity contribution in [3.05, 3.63) is 11.9 Å². The summed E-state index contributed by atoms with van der Waals surface area (Å²) < 4.78 is 1.78. The second-order valence-electron chi connectivity index (χ2n) is 11.6. The minimum absolute atomic E-state index is 0.421. The summed E-state index contributed by atoms with van der Waals surface area (Å²) in [6.07, 6.45) is 14.1. The molecule has 5 rings (SSSR count). The van der Waals surface area contributed by atoms with Crippen LogP contribution in [0.1, 0.15) is 84.3 Å². The second-order valence-corrected chi connectivity index (χ2v) is 11.6. The summed E-state index contributed by atoms with van der Waals surface area (Å²) in [5.41, 5.74) is 8.80. The van der Waals surface area contributed by atoms with Crippen LogP contribution in [0.3, 0.4) is 0 Å². The molecular formula is C25H41N5O. The van der Waals surface area contributed by atoms with E-state index < -0.39 is 0 Å². The molecule has 0 aromatic carbocycles. The molecular weight excluding hydrogens is 386 g/mol. The van der Waals surface area contributed by atoms with Gasteiger partial charge in [0.2, 0.25) is 0 Å². The first-order valence-corrected chi connectivity index (χ1v) is 12.7. The first-order valence-electron chi connectivity index (χ1n) is 12.7. The first-order chi connectivity index (χ1) is 14.9. The highest BCUT2D eigenvalue weighted by atomic mass is 16.6. The second kappa shape index (κ2) is 8.17. The SMILES string of the molecule is C[C@H]1CCC2C3CCC4CC(=NOCCn5cc(CN)nn5)CC[C@]4(C)C3CC[C@@]21C. The molecule has 0 radical (unpaired) electrons. The third kappa shape index (κ3) is 3.63. The molecule has 0 aliphatic heterocycles. The van der Waals surface area contributed by atoms with Gasteiger partial charge in [0, 0.05) is 12.7 Å². The fraction of sp³-hybridized carbons (Fsp3) is 0.880. The standard InChI is InChI=1S/C25H41N5O/c1-17-4-7-22-21-6-5-18-14-19(28-31-13-12-30-16-20(15-26)27-29-30)8-10-25(18,3)23(21)9-11-24(17,22)2/h16-18,21-23H,4-15,26H2,1-3H3/t17-,18?,21?,22?,23?,24+,25-/m0/s1. The zero-order chi connectivity index (χ0) is 21.6. The van der Waals surface area contributed by atoms with E-state index in [1.54, 1.807) is 4.68 Å². The largest absolute Gasteiger partial charge is 0.394 e. The molecule has 31 heavy (non-hydrogen) atoms. The van der Waals surface area contributed by atoms with Crippen LogP contribution in [0.2, 0.25) is 0 Å². The van der Waals surface area contributed by atoms with E-state index in [0.29, 0.717) is 30.5 Å². The van der Waals surface area contributed by atoms with Crippen LogP contribution in [-0.2, 0) is 17.9 Å². The molecule has 2 N–H and O–H groups in total. The van der Waals surface area contributed by atoms with Gasteiger partial charge in [-0.1, -0.05) is 31.1 Å². The fourth-order valence-corrected chi connectivity index (χ4v) is 8.22. The van der Waals surface area contributed by atoms with Crippen molar-refractivity contribution in [1.82, 2.24) is 15.0 Å². The van der Waals surface area contributed by atoms with Crippen LogP contribution in [0.4, 0.5) is 0 Å². The Balaban J connectivity index is 1.19. The predicted octanol–water partition coefficient (Wildman–Crippen LogP) is 4.79. The lowest BCUT2D eigenvalue weighted by atomic mass is 9.45. The van der Waals surface area contributed by atoms with E-state index in [-0.39, 0.29) is 0 Å². The maximum Gasteiger partial charge on any atom is 0.136 e. The lowest BCUT2D eigenvalue weighted by molar-refractivity contribution is -0.0994. The van der Waals surface area contributed by atoms with Gasteiger partial charge in [0.15, 0.2) is 0 Å². The lowest BCUT2D eigenvalue weighted by Gasteiger charge is -2.60. The minimum Gasteiger partial charge on any atom is -0.394 e. The van der Waals surface area contributed by atoms with Gasteiger partial charge in [-0.05, 0) is 98.2 Å². The molecule has 4 unspecified atom stereocenters. The Hall–Kier alpha value is -1.43. The minimum atomic E-state index is 0.421. The van der Waals surface area contributed by atoms with Crippen molar-refractivity contribution in [3.63, 3.8) is 0 Å². The number of aromatic nitrogens is 3. The van der Waals surface area contributed by atoms with Crippen molar-refractivity contribution >= 4 is 5.71 Å². The molecule has 1 heterocycles. The van der Waals surface area contributed by atoms with Gasteiger partial charge in [0.1, 0.15) is 6.61 Å². The number of oxime groups is 1. The highest BCUT2D eigenvalue weighted by Gasteiger charge is 2.59. The molecule has 0 saturated heterocycles. The van der Waals surface area contributed by atoms with E-state index in [1.165, 1.54) is 50.7 Å². The Labute approximate surface area is 187 Å². The number of nitrogens with zero attached hydrogens (tertiary/aromatic N) is 4. The third-order valence-corrected chi connectivity index (χ3v) is 10.4. The van der Waals surface area contributed by atoms with E-state index in [0.717, 1.165) is 48.1 Å². The van der Waals surface area contributed by atoms with Gasteiger partial charge >= 0.3 is 0 Å². The van der Waals surface area contributed by atoms with E-state index >= 15 is 0 Å². The van der Waals surface area contributed by atoms with Crippen LogP contribution in [0.25, 0.3) is 0 Å². The Morgan fingerprint density at radius 2 is 1.97 bits per heavy atom. The normalized spacial score (nSPS) is 43.4. The van der Waals surface area contributed by atoms with Crippen molar-refractivity contribution in [2.75, 3.05) is 6.61 Å². The number of fused-ring (bicyclic) bond motifs is 5. The van der Waals surface area contributed by atoms with Crippen LogP contribution in [0.15, 0.2) is 11.4 Å². The monoisotopic (exact) mass is 427 g/mol. The van der Waals surface area contributed by atoms with Crippen molar-refractivity contribution in [1.29, 1.82) is 0 Å². The average Bonchev–Trinajstić information content (AvgIpc) is 3.35. The van der Waals surface area contributed by atoms with Gasteiger partial charge in [0.25, 0.3) is 0 Å². The number of hydrogen-bond donors (Lipinski definition) is 1. The van der Waals surface area contributed by atoms with Crippen molar-refractivity contribution in [2.45, 2.75) is 91.6 Å². The molecule has 0 spiro atoms. The molecule has 6 nitrogen and oxygen atoms in total. The van der Waals surface area contributed by atoms with Crippen LogP contribution >= 0.6 is 0 Å². The Bertz CT molecular complexity index is 821. The molecule has 1 aromatic rings. The van der Waals surface area contributed by atoms with E-state index in [1.807, 2.05) is 6.20 Å². The van der Waals surface area contributed by atoms with Crippen molar-refractivity contribution in [2.24, 2.45) is 51.3 Å². The average molecular weight is 428 g/mol. The third-order valence-electron chi connectivity index (χ3n) is 10.4. The lowest BCUT2D eigenvalue weighted by Crippen LogP contribution is -2.53. The topological polar surface area (TPSA) is 78.3 Å². The van der Waals surface area contributed by atoms with E-state index in [2.05, 4.69) is 36.2 Å². The summed E-state index contributed by atoms with van der Waals surface area (Å²) in [4.78, 5) is 5.69. The summed E-state index contributed by atoms with van der Waals surface area (Å²) in [5, 5.41) is 12.6. The quantitative estimate of drug-likeness (QED) is 0.541. The van der Waals surface area contributed by atoms with Gasteiger partial charge in [-0.15, -0.1) is 5.10 Å². The Morgan fingerprint density at radius 3 is 2.77 bits per heavy atom. The summed E-state index contributed by atoms with van der Waals surface area (Å²) in [6.45, 7) is 9.39. The van der Waals surface area contributed by atoms with Gasteiger partial charge < -0.3 is 10.6 Å². The number of hydrogen-bond acceptors (Lipinski definition) is 5. The molecule has 6 heteroatoms. The molecule has 172 valence electrons. The zero-order valence-electron chi connectivity index (χ0n) is 19.7. The van der Waals surface area contributed by atoms with Gasteiger partial charge in [0.05, 0.1) is 18.0 Å². The summed E-state index contributed by atoms with van der Waals surface area (Å²) in [7, 11) is 0. The van der Waals surface area contributed by atoms with Crippen LogP contribution in [0.5, 0.6) is 0 Å². The fourth-order valence-electron chi connectivity index (χ4n) is 8.22. The molecule has 7 atom stereocenters. The summed E-state index contributed by atoms with van der Waals surface area (Å²) >= 11 is 0. The molecule has 1 aromatic heterocycles. The van der Waals surface area contributed by atoms with Crippen molar-refractivity contribution < 1.29 is 4.84 Å². The summed E-state index contributed by atoms with van der Waals surface area (Å²) in [6, 6.07) is 0. The van der Waals surface area contributed by atoms with Gasteiger partial charge in [-0.25, -0.2) is 4.68 Å². The predicted molar refractivity (Wildman–Crippen MR) is 122 cm³/mol. The van der Waals surface area contributed by atoms with Gasteiger partial charge in [-0.2, -0.15) is 0 Å². The molecule has 4 saturated carbocycles. The number of rotatable bonds is 5. The highest BCUT2D eigenvalue weighted by molar-refractivity contribution is 5.85. The molecule has 0 bridgehead atoms. The Morgan fingerprint density at radius 1 is 1.13 bits per heavy atom. The Kier molecular flexibility index (Phi) is 5.64. The van der Waals surface area contributed by atoms with E-state index in [4.69, 9.17) is 10.6 Å². The zero-order valence-corrected chi connectivity index (χ0v) is 19.7. The number of nitrogens with two attached hydrogens (primary N) is 1. The summed E-state index contributed by atoms with van der Waals surface area (Å²) in [5.74, 6) is 4.59. The van der Waals surface area contributed by atoms with Crippen LogP contribution in [0, 0.1) is 40.4 Å². The highest BCUT2D eigenvalue weighted by Crippen LogP contribution is 2.67. The molecule has 0 amide bonds. The maximum absolute atomic E-state index is 5.69. The van der Waals surface area contributed by atoms with Crippen LogP contribution < -0.4 is 5.73 Å². The smallest absolute Gasteiger partial charge is 0.136 e. The molecule has 4 aliphatic carbocycles. The van der Waals surface area contributed by atoms with Crippen molar-refractivity contribution in [3.8, 4) is 0 Å². The first kappa shape index (κ1) is 21.4. The van der Waals surface area contributed by atoms with Crippen LogP contribution in [-0.4, -0.2) is 27.3 Å². The van der Waals surface area contributed by atoms with E-state index in [9.17, 15) is 0 Å². The maximum atomic E-state index is 5.69.